The van der Waals surface area contributed by atoms with Crippen LogP contribution < -0.4 is 9.64 Å². The molecule has 3 atom stereocenters. The number of ether oxygens (including phenoxy) is 1. The van der Waals surface area contributed by atoms with Gasteiger partial charge in [-0.15, -0.1) is 0 Å². The first kappa shape index (κ1) is 21.5. The van der Waals surface area contributed by atoms with Crippen molar-refractivity contribution in [1.82, 2.24) is 0 Å². The summed E-state index contributed by atoms with van der Waals surface area (Å²) in [5.74, 6) is -0.0636. The number of anilines is 1. The van der Waals surface area contributed by atoms with Gasteiger partial charge in [-0.25, -0.2) is 0 Å². The normalized spacial score (nSPS) is 21.6. The summed E-state index contributed by atoms with van der Waals surface area (Å²) >= 11 is 0. The second kappa shape index (κ2) is 8.54. The molecule has 2 heterocycles. The molecule has 1 saturated heterocycles. The number of rotatable bonds is 5. The van der Waals surface area contributed by atoms with Crippen LogP contribution in [0.5, 0.6) is 5.75 Å². The molecular weight excluding hydrogens is 422 g/mol. The van der Waals surface area contributed by atoms with Crippen LogP contribution in [0.2, 0.25) is 0 Å². The molecule has 3 aromatic rings. The number of para-hydroxylation sites is 1. The second-order valence-electron chi connectivity index (χ2n) is 8.52. The fourth-order valence-electron chi connectivity index (χ4n) is 5.32. The number of benzene rings is 3. The standard InChI is InChI=1S/C29H23N3O2/c1-2-34-23-15-12-21(13-16-23)26-27(28(33)22-9-4-3-5-10-22)32-24-11-7-6-8-20(24)14-17-25(32)29(26,18-30)19-31/h3-17,25-27H,2H2,1H3/t25-,26-,27+/m1/s1. The maximum absolute atomic E-state index is 14.1. The van der Waals surface area contributed by atoms with Gasteiger partial charge in [-0.2, -0.15) is 10.5 Å². The average molecular weight is 446 g/mol. The molecule has 0 N–H and O–H groups in total. The molecule has 2 aliphatic heterocycles. The number of Topliss-reactive ketones (excluding diaryl/α,β-unsaturated/α-hetero) is 1. The number of nitrogens with zero attached hydrogens (tertiary/aromatic N) is 3. The highest BCUT2D eigenvalue weighted by molar-refractivity contribution is 6.04. The number of fused-ring (bicyclic) bond motifs is 3. The minimum absolute atomic E-state index is 0.109. The minimum Gasteiger partial charge on any atom is -0.494 e. The van der Waals surface area contributed by atoms with Crippen molar-refractivity contribution in [1.29, 1.82) is 10.5 Å². The summed E-state index contributed by atoms with van der Waals surface area (Å²) in [6.07, 6.45) is 3.85. The van der Waals surface area contributed by atoms with Gasteiger partial charge in [0.2, 0.25) is 0 Å². The molecule has 0 radical (unpaired) electrons. The molecule has 166 valence electrons. The Morgan fingerprint density at radius 3 is 2.32 bits per heavy atom. The summed E-state index contributed by atoms with van der Waals surface area (Å²) in [5, 5.41) is 21.0. The zero-order valence-electron chi connectivity index (χ0n) is 18.8. The summed E-state index contributed by atoms with van der Waals surface area (Å²) in [6, 6.07) is 27.7. The van der Waals surface area contributed by atoms with Crippen molar-refractivity contribution >= 4 is 17.5 Å². The van der Waals surface area contributed by atoms with E-state index in [-0.39, 0.29) is 5.78 Å². The molecule has 5 rings (SSSR count). The predicted octanol–water partition coefficient (Wildman–Crippen LogP) is 5.37. The Bertz CT molecular complexity index is 1320. The average Bonchev–Trinajstić information content (AvgIpc) is 3.20. The van der Waals surface area contributed by atoms with E-state index >= 15 is 0 Å². The van der Waals surface area contributed by atoms with E-state index in [4.69, 9.17) is 4.74 Å². The van der Waals surface area contributed by atoms with Gasteiger partial charge in [0.25, 0.3) is 0 Å². The van der Waals surface area contributed by atoms with Crippen molar-refractivity contribution in [2.24, 2.45) is 5.41 Å². The highest BCUT2D eigenvalue weighted by Gasteiger charge is 2.63. The van der Waals surface area contributed by atoms with Crippen molar-refractivity contribution in [3.05, 3.63) is 102 Å². The van der Waals surface area contributed by atoms with Gasteiger partial charge in [-0.3, -0.25) is 4.79 Å². The largest absolute Gasteiger partial charge is 0.494 e. The minimum atomic E-state index is -1.45. The van der Waals surface area contributed by atoms with Crippen LogP contribution in [0.1, 0.15) is 34.3 Å². The van der Waals surface area contributed by atoms with E-state index < -0.39 is 23.4 Å². The van der Waals surface area contributed by atoms with E-state index in [0.717, 1.165) is 16.8 Å². The van der Waals surface area contributed by atoms with Crippen LogP contribution in [0.4, 0.5) is 5.69 Å². The Morgan fingerprint density at radius 1 is 0.971 bits per heavy atom. The predicted molar refractivity (Wildman–Crippen MR) is 130 cm³/mol. The van der Waals surface area contributed by atoms with Crippen LogP contribution in [0.3, 0.4) is 0 Å². The lowest BCUT2D eigenvalue weighted by molar-refractivity contribution is 0.0951. The van der Waals surface area contributed by atoms with E-state index in [9.17, 15) is 15.3 Å². The molecule has 2 aliphatic rings. The second-order valence-corrected chi connectivity index (χ2v) is 8.52. The van der Waals surface area contributed by atoms with Gasteiger partial charge >= 0.3 is 0 Å². The quantitative estimate of drug-likeness (QED) is 0.494. The number of carbonyl (C=O) groups is 1. The van der Waals surface area contributed by atoms with Crippen LogP contribution in [0.25, 0.3) is 6.08 Å². The van der Waals surface area contributed by atoms with Gasteiger partial charge in [0.05, 0.1) is 24.8 Å². The molecule has 34 heavy (non-hydrogen) atoms. The van der Waals surface area contributed by atoms with Crippen molar-refractivity contribution < 1.29 is 9.53 Å². The van der Waals surface area contributed by atoms with Crippen LogP contribution in [0, 0.1) is 28.1 Å². The maximum Gasteiger partial charge on any atom is 0.185 e. The molecule has 0 amide bonds. The first-order valence-corrected chi connectivity index (χ1v) is 11.3. The van der Waals surface area contributed by atoms with Crippen LogP contribution in [-0.4, -0.2) is 24.5 Å². The van der Waals surface area contributed by atoms with Gasteiger partial charge in [0.1, 0.15) is 11.8 Å². The molecule has 5 heteroatoms. The fraction of sp³-hybridized carbons (Fsp3) is 0.207. The van der Waals surface area contributed by atoms with E-state index in [2.05, 4.69) is 12.1 Å². The number of hydrogen-bond donors (Lipinski definition) is 0. The fourth-order valence-corrected chi connectivity index (χ4v) is 5.32. The lowest BCUT2D eigenvalue weighted by Crippen LogP contribution is -2.44. The molecule has 0 unspecified atom stereocenters. The highest BCUT2D eigenvalue weighted by Crippen LogP contribution is 2.55. The third-order valence-electron chi connectivity index (χ3n) is 6.79. The monoisotopic (exact) mass is 445 g/mol. The third-order valence-corrected chi connectivity index (χ3v) is 6.79. The van der Waals surface area contributed by atoms with Crippen molar-refractivity contribution in [3.8, 4) is 17.9 Å². The highest BCUT2D eigenvalue weighted by atomic mass is 16.5. The number of carbonyl (C=O) groups excluding carboxylic acids is 1. The summed E-state index contributed by atoms with van der Waals surface area (Å²) in [4.78, 5) is 16.1. The topological polar surface area (TPSA) is 77.1 Å². The zero-order valence-corrected chi connectivity index (χ0v) is 18.8. The maximum atomic E-state index is 14.1. The summed E-state index contributed by atoms with van der Waals surface area (Å²) in [7, 11) is 0. The Morgan fingerprint density at radius 2 is 1.65 bits per heavy atom. The lowest BCUT2D eigenvalue weighted by Gasteiger charge is -2.35. The third kappa shape index (κ3) is 3.17. The molecular formula is C29H23N3O2. The SMILES string of the molecule is CCOc1ccc([C@@H]2[C@@H](C(=O)c3ccccc3)N3c4ccccc4C=C[C@@H]3C2(C#N)C#N)cc1. The molecule has 3 aromatic carbocycles. The van der Waals surface area contributed by atoms with Gasteiger partial charge in [0, 0.05) is 17.2 Å². The molecule has 0 saturated carbocycles. The van der Waals surface area contributed by atoms with Crippen molar-refractivity contribution in [2.45, 2.75) is 24.9 Å². The Hall–Kier alpha value is -4.35. The lowest BCUT2D eigenvalue weighted by atomic mass is 9.69. The van der Waals surface area contributed by atoms with E-state index in [1.165, 1.54) is 0 Å². The number of hydrogen-bond acceptors (Lipinski definition) is 5. The van der Waals surface area contributed by atoms with Crippen LogP contribution >= 0.6 is 0 Å². The van der Waals surface area contributed by atoms with Crippen molar-refractivity contribution in [3.63, 3.8) is 0 Å². The van der Waals surface area contributed by atoms with Gasteiger partial charge in [-0.1, -0.05) is 72.8 Å². The Kier molecular flexibility index (Phi) is 5.40. The summed E-state index contributed by atoms with van der Waals surface area (Å²) in [6.45, 7) is 2.45. The summed E-state index contributed by atoms with van der Waals surface area (Å²) in [5.41, 5.74) is 1.68. The van der Waals surface area contributed by atoms with E-state index in [1.54, 1.807) is 12.1 Å². The first-order valence-electron chi connectivity index (χ1n) is 11.3. The first-order chi connectivity index (χ1) is 16.6. The molecule has 0 aliphatic carbocycles. The van der Waals surface area contributed by atoms with E-state index in [0.29, 0.717) is 17.9 Å². The zero-order chi connectivity index (χ0) is 23.7. The van der Waals surface area contributed by atoms with Crippen molar-refractivity contribution in [2.75, 3.05) is 11.5 Å². The van der Waals surface area contributed by atoms with Gasteiger partial charge in [0.15, 0.2) is 11.2 Å². The number of nitriles is 2. The molecule has 5 nitrogen and oxygen atoms in total. The summed E-state index contributed by atoms with van der Waals surface area (Å²) < 4.78 is 5.59. The van der Waals surface area contributed by atoms with Crippen LogP contribution in [-0.2, 0) is 0 Å². The molecule has 0 aromatic heterocycles. The van der Waals surface area contributed by atoms with Gasteiger partial charge < -0.3 is 9.64 Å². The molecule has 0 bridgehead atoms. The Labute approximate surface area is 199 Å². The van der Waals surface area contributed by atoms with Crippen LogP contribution in [0.15, 0.2) is 84.9 Å². The number of ketones is 1. The smallest absolute Gasteiger partial charge is 0.185 e. The Balaban J connectivity index is 1.74. The molecule has 1 fully saturated rings. The molecule has 0 spiro atoms. The van der Waals surface area contributed by atoms with E-state index in [1.807, 2.05) is 90.7 Å². The van der Waals surface area contributed by atoms with Gasteiger partial charge in [-0.05, 0) is 36.2 Å².